The first-order chi connectivity index (χ1) is 13.7. The van der Waals surface area contributed by atoms with Crippen molar-refractivity contribution in [3.63, 3.8) is 0 Å². The van der Waals surface area contributed by atoms with Crippen LogP contribution in [0.25, 0.3) is 0 Å². The Morgan fingerprint density at radius 3 is 2.10 bits per heavy atom. The van der Waals surface area contributed by atoms with E-state index in [9.17, 15) is 14.4 Å². The summed E-state index contributed by atoms with van der Waals surface area (Å²) in [6.07, 6.45) is 3.68. The number of anilines is 2. The zero-order valence-corrected chi connectivity index (χ0v) is 17.0. The minimum atomic E-state index is -0.389. The molecule has 10 nitrogen and oxygen atoms in total. The van der Waals surface area contributed by atoms with Gasteiger partial charge >= 0.3 is 0 Å². The Morgan fingerprint density at radius 2 is 1.55 bits per heavy atom. The molecule has 2 heterocycles. The number of nitrogens with one attached hydrogen (secondary N) is 4. The number of rotatable bonds is 9. The molecule has 6 N–H and O–H groups in total. The minimum Gasteiger partial charge on any atom is -0.388 e. The zero-order valence-electron chi connectivity index (χ0n) is 16.2. The van der Waals surface area contributed by atoms with Crippen LogP contribution in [-0.2, 0) is 18.9 Å². The molecule has 0 saturated carbocycles. The molecule has 0 aromatic carbocycles. The van der Waals surface area contributed by atoms with Crippen LogP contribution in [0.4, 0.5) is 11.4 Å². The molecule has 11 heteroatoms. The van der Waals surface area contributed by atoms with Crippen LogP contribution in [0.5, 0.6) is 0 Å². The summed E-state index contributed by atoms with van der Waals surface area (Å²) in [5, 5.41) is 15.2. The van der Waals surface area contributed by atoms with Crippen molar-refractivity contribution in [1.82, 2.24) is 14.5 Å². The highest BCUT2D eigenvalue weighted by molar-refractivity contribution is 6.19. The molecule has 2 aromatic rings. The van der Waals surface area contributed by atoms with E-state index in [1.165, 1.54) is 0 Å². The van der Waals surface area contributed by atoms with Crippen LogP contribution in [0.15, 0.2) is 24.5 Å². The molecule has 156 valence electrons. The number of carbonyl (C=O) groups is 3. The van der Waals surface area contributed by atoms with E-state index in [1.807, 2.05) is 0 Å². The van der Waals surface area contributed by atoms with E-state index >= 15 is 0 Å². The fourth-order valence-electron chi connectivity index (χ4n) is 2.62. The maximum Gasteiger partial charge on any atom is 0.272 e. The van der Waals surface area contributed by atoms with Gasteiger partial charge in [0, 0.05) is 51.8 Å². The lowest BCUT2D eigenvalue weighted by Crippen LogP contribution is -2.28. The molecule has 2 rings (SSSR count). The van der Waals surface area contributed by atoms with Gasteiger partial charge in [-0.05, 0) is 12.1 Å². The number of alkyl halides is 1. The van der Waals surface area contributed by atoms with Gasteiger partial charge in [0.1, 0.15) is 11.4 Å². The average Bonchev–Trinajstić information content (AvgIpc) is 3.16. The predicted molar refractivity (Wildman–Crippen MR) is 112 cm³/mol. The first-order valence-electron chi connectivity index (χ1n) is 8.82. The van der Waals surface area contributed by atoms with Gasteiger partial charge < -0.3 is 30.8 Å². The molecule has 0 aliphatic carbocycles. The number of aromatic nitrogens is 2. The Labute approximate surface area is 172 Å². The second kappa shape index (κ2) is 9.78. The van der Waals surface area contributed by atoms with Gasteiger partial charge in [-0.25, -0.2) is 0 Å². The third kappa shape index (κ3) is 6.11. The Balaban J connectivity index is 2.04. The summed E-state index contributed by atoms with van der Waals surface area (Å²) in [7, 11) is 3.37. The van der Waals surface area contributed by atoms with Crippen molar-refractivity contribution in [2.24, 2.45) is 19.8 Å². The van der Waals surface area contributed by atoms with Gasteiger partial charge in [0.15, 0.2) is 0 Å². The number of amides is 3. The van der Waals surface area contributed by atoms with Crippen LogP contribution in [0.3, 0.4) is 0 Å². The van der Waals surface area contributed by atoms with Crippen LogP contribution in [0, 0.1) is 5.41 Å². The lowest BCUT2D eigenvalue weighted by Gasteiger charge is -2.04. The van der Waals surface area contributed by atoms with Gasteiger partial charge in [-0.1, -0.05) is 0 Å². The summed E-state index contributed by atoms with van der Waals surface area (Å²) in [6, 6.07) is 3.10. The summed E-state index contributed by atoms with van der Waals surface area (Å²) in [4.78, 5) is 36.4. The second-order valence-electron chi connectivity index (χ2n) is 6.42. The van der Waals surface area contributed by atoms with Gasteiger partial charge in [-0.2, -0.15) is 0 Å². The quantitative estimate of drug-likeness (QED) is 0.235. The van der Waals surface area contributed by atoms with E-state index in [-0.39, 0.29) is 48.8 Å². The Hall–Kier alpha value is -3.27. The SMILES string of the molecule is Cn1cc(NC(=O)c2cc(NC(=O)CCCl)cn2C)cc1C(=O)NCCC(=N)N. The monoisotopic (exact) mass is 421 g/mol. The molecule has 0 fully saturated rings. The Morgan fingerprint density at radius 1 is 1.00 bits per heavy atom. The highest BCUT2D eigenvalue weighted by atomic mass is 35.5. The third-order valence-corrected chi connectivity index (χ3v) is 4.21. The van der Waals surface area contributed by atoms with E-state index in [4.69, 9.17) is 22.7 Å². The van der Waals surface area contributed by atoms with E-state index in [2.05, 4.69) is 16.0 Å². The van der Waals surface area contributed by atoms with E-state index in [1.54, 1.807) is 47.8 Å². The van der Waals surface area contributed by atoms with Gasteiger partial charge in [0.25, 0.3) is 11.8 Å². The lowest BCUT2D eigenvalue weighted by molar-refractivity contribution is -0.115. The smallest absolute Gasteiger partial charge is 0.272 e. The maximum absolute atomic E-state index is 12.6. The summed E-state index contributed by atoms with van der Waals surface area (Å²) in [5.41, 5.74) is 6.89. The lowest BCUT2D eigenvalue weighted by atomic mass is 10.3. The molecule has 0 radical (unpaired) electrons. The molecule has 0 unspecified atom stereocenters. The van der Waals surface area contributed by atoms with Crippen molar-refractivity contribution >= 4 is 46.5 Å². The van der Waals surface area contributed by atoms with Gasteiger partial charge in [-0.3, -0.25) is 19.8 Å². The molecule has 0 aliphatic heterocycles. The van der Waals surface area contributed by atoms with E-state index < -0.39 is 0 Å². The number of halogens is 1. The molecule has 0 atom stereocenters. The van der Waals surface area contributed by atoms with Crippen molar-refractivity contribution in [3.05, 3.63) is 35.9 Å². The normalized spacial score (nSPS) is 10.4. The van der Waals surface area contributed by atoms with E-state index in [0.717, 1.165) is 0 Å². The molecule has 0 spiro atoms. The molecule has 29 heavy (non-hydrogen) atoms. The van der Waals surface area contributed by atoms with Crippen LogP contribution in [-0.4, -0.2) is 45.1 Å². The standard InChI is InChI=1S/C18H24ClN7O3/c1-25-10-12(8-13(25)17(28)22-6-4-15(20)21)24-18(29)14-7-11(9-26(14)2)23-16(27)3-5-19/h7-10H,3-6H2,1-2H3,(H3,20,21)(H,22,28)(H,23,27)(H,24,29). The van der Waals surface area contributed by atoms with Gasteiger partial charge in [-0.15, -0.1) is 11.6 Å². The zero-order chi connectivity index (χ0) is 21.6. The Bertz CT molecular complexity index is 932. The van der Waals surface area contributed by atoms with Crippen LogP contribution in [0.1, 0.15) is 33.8 Å². The molecule has 2 aromatic heterocycles. The number of nitrogens with two attached hydrogens (primary N) is 1. The van der Waals surface area contributed by atoms with E-state index in [0.29, 0.717) is 22.8 Å². The third-order valence-electron chi connectivity index (χ3n) is 4.02. The van der Waals surface area contributed by atoms with Crippen molar-refractivity contribution < 1.29 is 14.4 Å². The molecule has 0 aliphatic rings. The first kappa shape index (κ1) is 22.0. The molecule has 0 saturated heterocycles. The largest absolute Gasteiger partial charge is 0.388 e. The summed E-state index contributed by atoms with van der Waals surface area (Å²) < 4.78 is 3.17. The topological polar surface area (TPSA) is 147 Å². The number of nitrogens with zero attached hydrogens (tertiary/aromatic N) is 2. The first-order valence-corrected chi connectivity index (χ1v) is 9.35. The molecular formula is C18H24ClN7O3. The van der Waals surface area contributed by atoms with Gasteiger partial charge in [0.05, 0.1) is 17.2 Å². The highest BCUT2D eigenvalue weighted by Crippen LogP contribution is 2.17. The average molecular weight is 422 g/mol. The van der Waals surface area contributed by atoms with Crippen molar-refractivity contribution in [2.45, 2.75) is 12.8 Å². The maximum atomic E-state index is 12.6. The Kier molecular flexibility index (Phi) is 7.43. The number of hydrogen-bond donors (Lipinski definition) is 5. The van der Waals surface area contributed by atoms with Crippen LogP contribution in [0.2, 0.25) is 0 Å². The van der Waals surface area contributed by atoms with Crippen LogP contribution < -0.4 is 21.7 Å². The number of amidine groups is 1. The minimum absolute atomic E-state index is 0.00841. The highest BCUT2D eigenvalue weighted by Gasteiger charge is 2.16. The number of carbonyl (C=O) groups excluding carboxylic acids is 3. The molecular weight excluding hydrogens is 398 g/mol. The molecule has 0 bridgehead atoms. The summed E-state index contributed by atoms with van der Waals surface area (Å²) in [5.74, 6) is -0.756. The molecule has 3 amide bonds. The van der Waals surface area contributed by atoms with Crippen molar-refractivity contribution in [3.8, 4) is 0 Å². The number of hydrogen-bond acceptors (Lipinski definition) is 4. The second-order valence-corrected chi connectivity index (χ2v) is 6.80. The van der Waals surface area contributed by atoms with Crippen molar-refractivity contribution in [2.75, 3.05) is 23.1 Å². The fourth-order valence-corrected chi connectivity index (χ4v) is 2.79. The summed E-state index contributed by atoms with van der Waals surface area (Å²) in [6.45, 7) is 0.253. The van der Waals surface area contributed by atoms with Crippen LogP contribution >= 0.6 is 11.6 Å². The summed E-state index contributed by atoms with van der Waals surface area (Å²) >= 11 is 5.54. The van der Waals surface area contributed by atoms with Gasteiger partial charge in [0.2, 0.25) is 5.91 Å². The number of aryl methyl sites for hydroxylation is 2. The fraction of sp³-hybridized carbons (Fsp3) is 0.333. The predicted octanol–water partition coefficient (Wildman–Crippen LogP) is 1.24. The van der Waals surface area contributed by atoms with Crippen molar-refractivity contribution in [1.29, 1.82) is 5.41 Å².